The number of benzene rings is 1. The molecule has 102 valence electrons. The van der Waals surface area contributed by atoms with E-state index in [1.165, 1.54) is 9.10 Å². The smallest absolute Gasteiger partial charge is 0.0646 e. The summed E-state index contributed by atoms with van der Waals surface area (Å²) in [6, 6.07) is 10.4. The Morgan fingerprint density at radius 3 is 2.95 bits per heavy atom. The Balaban J connectivity index is 1.93. The van der Waals surface area contributed by atoms with E-state index < -0.39 is 0 Å². The van der Waals surface area contributed by atoms with E-state index in [1.807, 2.05) is 6.07 Å². The molecule has 0 aliphatic heterocycles. The van der Waals surface area contributed by atoms with Gasteiger partial charge in [-0.25, -0.2) is 0 Å². The van der Waals surface area contributed by atoms with Crippen molar-refractivity contribution in [1.29, 1.82) is 0 Å². The first kappa shape index (κ1) is 14.9. The van der Waals surface area contributed by atoms with Gasteiger partial charge in [0.1, 0.15) is 0 Å². The fourth-order valence-electron chi connectivity index (χ4n) is 1.57. The lowest BCUT2D eigenvalue weighted by Gasteiger charge is -2.08. The lowest BCUT2D eigenvalue weighted by molar-refractivity contribution is 0.199. The Bertz CT molecular complexity index is 502. The summed E-state index contributed by atoms with van der Waals surface area (Å²) in [5.41, 5.74) is 1.12. The molecule has 1 N–H and O–H groups in total. The average molecular weight is 314 g/mol. The molecular weight excluding hydrogens is 298 g/mol. The normalized spacial score (nSPS) is 10.8. The monoisotopic (exact) mass is 313 g/mol. The van der Waals surface area contributed by atoms with Crippen molar-refractivity contribution in [2.24, 2.45) is 0 Å². The molecule has 0 unspecified atom stereocenters. The van der Waals surface area contributed by atoms with E-state index in [9.17, 15) is 0 Å². The van der Waals surface area contributed by atoms with E-state index >= 15 is 0 Å². The van der Waals surface area contributed by atoms with Crippen LogP contribution in [-0.2, 0) is 11.3 Å². The van der Waals surface area contributed by atoms with Crippen LogP contribution in [0.4, 0.5) is 0 Å². The van der Waals surface area contributed by atoms with Gasteiger partial charge in [-0.05, 0) is 29.1 Å². The molecule has 19 heavy (non-hydrogen) atoms. The average Bonchev–Trinajstić information content (AvgIpc) is 2.90. The molecule has 0 fully saturated rings. The highest BCUT2D eigenvalue weighted by Gasteiger charge is 2.04. The van der Waals surface area contributed by atoms with Crippen LogP contribution in [-0.4, -0.2) is 20.3 Å². The van der Waals surface area contributed by atoms with Crippen molar-refractivity contribution in [3.8, 4) is 0 Å². The van der Waals surface area contributed by atoms with Crippen molar-refractivity contribution in [2.75, 3.05) is 20.3 Å². The van der Waals surface area contributed by atoms with Crippen LogP contribution in [0.25, 0.3) is 0 Å². The molecule has 0 saturated heterocycles. The summed E-state index contributed by atoms with van der Waals surface area (Å²) in [5, 5.41) is 6.19. The van der Waals surface area contributed by atoms with Gasteiger partial charge in [-0.2, -0.15) is 0 Å². The SMILES string of the molecule is COCCNCc1ccc(Sc2cccs2)cc1Cl. The minimum Gasteiger partial charge on any atom is -0.383 e. The molecule has 0 aliphatic carbocycles. The van der Waals surface area contributed by atoms with Gasteiger partial charge < -0.3 is 10.1 Å². The Morgan fingerprint density at radius 1 is 1.37 bits per heavy atom. The highest BCUT2D eigenvalue weighted by atomic mass is 35.5. The second kappa shape index (κ2) is 7.92. The fraction of sp³-hybridized carbons (Fsp3) is 0.286. The topological polar surface area (TPSA) is 21.3 Å². The number of methoxy groups -OCH3 is 1. The molecular formula is C14H16ClNOS2. The largest absolute Gasteiger partial charge is 0.383 e. The van der Waals surface area contributed by atoms with Gasteiger partial charge in [0.05, 0.1) is 10.8 Å². The lowest BCUT2D eigenvalue weighted by Crippen LogP contribution is -2.18. The van der Waals surface area contributed by atoms with Crippen LogP contribution in [0.5, 0.6) is 0 Å². The van der Waals surface area contributed by atoms with Gasteiger partial charge in [0.2, 0.25) is 0 Å². The molecule has 0 spiro atoms. The van der Waals surface area contributed by atoms with Gasteiger partial charge in [-0.3, -0.25) is 0 Å². The van der Waals surface area contributed by atoms with E-state index in [-0.39, 0.29) is 0 Å². The van der Waals surface area contributed by atoms with E-state index in [2.05, 4.69) is 35.0 Å². The highest BCUT2D eigenvalue weighted by molar-refractivity contribution is 8.01. The zero-order chi connectivity index (χ0) is 13.5. The first-order valence-corrected chi connectivity index (χ1v) is 8.06. The molecule has 0 aliphatic rings. The van der Waals surface area contributed by atoms with Crippen LogP contribution >= 0.6 is 34.7 Å². The van der Waals surface area contributed by atoms with E-state index in [1.54, 1.807) is 30.2 Å². The number of nitrogens with one attached hydrogen (secondary N) is 1. The maximum atomic E-state index is 6.30. The quantitative estimate of drug-likeness (QED) is 0.771. The summed E-state index contributed by atoms with van der Waals surface area (Å²) in [6.45, 7) is 2.31. The summed E-state index contributed by atoms with van der Waals surface area (Å²) in [7, 11) is 1.70. The molecule has 2 aromatic rings. The van der Waals surface area contributed by atoms with Gasteiger partial charge in [-0.15, -0.1) is 11.3 Å². The van der Waals surface area contributed by atoms with Crippen LogP contribution in [0.15, 0.2) is 44.8 Å². The first-order chi connectivity index (χ1) is 9.29. The number of rotatable bonds is 7. The van der Waals surface area contributed by atoms with Crippen LogP contribution in [0.2, 0.25) is 5.02 Å². The number of ether oxygens (including phenoxy) is 1. The maximum Gasteiger partial charge on any atom is 0.0646 e. The molecule has 0 radical (unpaired) electrons. The lowest BCUT2D eigenvalue weighted by atomic mass is 10.2. The molecule has 0 amide bonds. The van der Waals surface area contributed by atoms with Gasteiger partial charge in [0, 0.05) is 30.1 Å². The first-order valence-electron chi connectivity index (χ1n) is 5.99. The zero-order valence-corrected chi connectivity index (χ0v) is 13.1. The summed E-state index contributed by atoms with van der Waals surface area (Å²) >= 11 is 9.78. The molecule has 1 aromatic heterocycles. The highest BCUT2D eigenvalue weighted by Crippen LogP contribution is 2.33. The Morgan fingerprint density at radius 2 is 2.26 bits per heavy atom. The zero-order valence-electron chi connectivity index (χ0n) is 10.7. The van der Waals surface area contributed by atoms with Crippen LogP contribution < -0.4 is 5.32 Å². The number of hydrogen-bond donors (Lipinski definition) is 1. The van der Waals surface area contributed by atoms with Gasteiger partial charge in [-0.1, -0.05) is 35.5 Å². The van der Waals surface area contributed by atoms with Crippen molar-refractivity contribution in [2.45, 2.75) is 15.6 Å². The number of halogens is 1. The molecule has 1 aromatic carbocycles. The van der Waals surface area contributed by atoms with Gasteiger partial charge in [0.25, 0.3) is 0 Å². The van der Waals surface area contributed by atoms with Crippen LogP contribution in [0.3, 0.4) is 0 Å². The Hall–Kier alpha value is -0.520. The third-order valence-corrected chi connectivity index (χ3v) is 4.92. The number of thiophene rings is 1. The summed E-state index contributed by atoms with van der Waals surface area (Å²) in [4.78, 5) is 1.17. The summed E-state index contributed by atoms with van der Waals surface area (Å²) < 4.78 is 6.27. The molecule has 2 nitrogen and oxygen atoms in total. The third kappa shape index (κ3) is 4.82. The maximum absolute atomic E-state index is 6.30. The van der Waals surface area contributed by atoms with E-state index in [4.69, 9.17) is 16.3 Å². The Labute approximate surface area is 127 Å². The van der Waals surface area contributed by atoms with Crippen LogP contribution in [0, 0.1) is 0 Å². The van der Waals surface area contributed by atoms with Gasteiger partial charge in [0.15, 0.2) is 0 Å². The second-order valence-electron chi connectivity index (χ2n) is 3.96. The van der Waals surface area contributed by atoms with Crippen molar-refractivity contribution in [1.82, 2.24) is 5.32 Å². The molecule has 0 atom stereocenters. The fourth-order valence-corrected chi connectivity index (χ4v) is 3.67. The summed E-state index contributed by atoms with van der Waals surface area (Å²) in [5.74, 6) is 0. The molecule has 0 bridgehead atoms. The van der Waals surface area contributed by atoms with E-state index in [0.717, 1.165) is 23.7 Å². The van der Waals surface area contributed by atoms with E-state index in [0.29, 0.717) is 6.61 Å². The predicted octanol–water partition coefficient (Wildman–Crippen LogP) is 4.29. The van der Waals surface area contributed by atoms with Gasteiger partial charge >= 0.3 is 0 Å². The Kier molecular flexibility index (Phi) is 6.20. The van der Waals surface area contributed by atoms with Crippen molar-refractivity contribution >= 4 is 34.7 Å². The molecule has 5 heteroatoms. The van der Waals surface area contributed by atoms with Crippen molar-refractivity contribution in [3.63, 3.8) is 0 Å². The molecule has 1 heterocycles. The van der Waals surface area contributed by atoms with Crippen molar-refractivity contribution in [3.05, 3.63) is 46.3 Å². The minimum atomic E-state index is 0.712. The molecule has 2 rings (SSSR count). The summed E-state index contributed by atoms with van der Waals surface area (Å²) in [6.07, 6.45) is 0. The van der Waals surface area contributed by atoms with Crippen LogP contribution in [0.1, 0.15) is 5.56 Å². The third-order valence-electron chi connectivity index (χ3n) is 2.54. The minimum absolute atomic E-state index is 0.712. The predicted molar refractivity (Wildman–Crippen MR) is 83.5 cm³/mol. The number of hydrogen-bond acceptors (Lipinski definition) is 4. The second-order valence-corrected chi connectivity index (χ2v) is 6.69. The van der Waals surface area contributed by atoms with Crippen molar-refractivity contribution < 1.29 is 4.74 Å². The molecule has 0 saturated carbocycles. The standard InChI is InChI=1S/C14H16ClNOS2/c1-17-7-6-16-10-11-4-5-12(9-13(11)15)19-14-3-2-8-18-14/h2-5,8-9,16H,6-7,10H2,1H3.